The number of hydrogen-bond donors (Lipinski definition) is 2. The minimum Gasteiger partial charge on any atom is -0.347 e. The molecule has 0 spiro atoms. The lowest BCUT2D eigenvalue weighted by atomic mass is 9.95. The molecule has 0 radical (unpaired) electrons. The molecule has 0 bridgehead atoms. The van der Waals surface area contributed by atoms with E-state index in [2.05, 4.69) is 29.9 Å². The van der Waals surface area contributed by atoms with E-state index in [4.69, 9.17) is 4.55 Å². The van der Waals surface area contributed by atoms with Gasteiger partial charge in [-0.3, -0.25) is 0 Å². The molecule has 156 valence electrons. The van der Waals surface area contributed by atoms with Crippen molar-refractivity contribution in [3.05, 3.63) is 59.4 Å². The van der Waals surface area contributed by atoms with Crippen LogP contribution in [0, 0.1) is 6.92 Å². The van der Waals surface area contributed by atoms with Crippen molar-refractivity contribution in [3.8, 4) is 16.8 Å². The summed E-state index contributed by atoms with van der Waals surface area (Å²) in [5, 5.41) is 3.76. The van der Waals surface area contributed by atoms with Gasteiger partial charge in [0.05, 0.1) is 5.69 Å². The molecule has 3 rings (SSSR count). The minimum absolute atomic E-state index is 0.133. The molecule has 0 aliphatic rings. The number of aryl methyl sites for hydroxylation is 2. The van der Waals surface area contributed by atoms with E-state index in [9.17, 15) is 13.2 Å². The largest absolute Gasteiger partial charge is 0.453 e. The van der Waals surface area contributed by atoms with Gasteiger partial charge in [0.2, 0.25) is 5.95 Å². The highest BCUT2D eigenvalue weighted by atomic mass is 32.1. The fraction of sp³-hybridized carbons (Fsp3) is 0.300. The van der Waals surface area contributed by atoms with Crippen molar-refractivity contribution in [2.75, 3.05) is 19.0 Å². The molecule has 0 fully saturated rings. The number of rotatable bonds is 4. The topological polar surface area (TPSA) is 54.2 Å². The molecule has 1 heterocycles. The predicted octanol–water partition coefficient (Wildman–Crippen LogP) is 5.28. The third kappa shape index (κ3) is 4.91. The highest BCUT2D eigenvalue weighted by molar-refractivity contribution is 7.74. The number of anilines is 1. The third-order valence-corrected chi connectivity index (χ3v) is 4.36. The molecule has 0 unspecified atom stereocenters. The number of benzene rings is 2. The first kappa shape index (κ1) is 22.8. The minimum atomic E-state index is -4.60. The van der Waals surface area contributed by atoms with Crippen LogP contribution < -0.4 is 4.90 Å². The number of nitrogens with zero attached hydrogens (tertiary/aromatic N) is 4. The van der Waals surface area contributed by atoms with E-state index >= 15 is 0 Å². The number of halogens is 3. The molecule has 1 N–H and O–H groups in total. The summed E-state index contributed by atoms with van der Waals surface area (Å²) >= 11 is 2.53. The fourth-order valence-corrected chi connectivity index (χ4v) is 3.04. The van der Waals surface area contributed by atoms with E-state index in [0.29, 0.717) is 5.69 Å². The molecule has 0 amide bonds. The van der Waals surface area contributed by atoms with Gasteiger partial charge < -0.3 is 9.45 Å². The summed E-state index contributed by atoms with van der Waals surface area (Å²) in [6.45, 7) is 3.93. The summed E-state index contributed by atoms with van der Waals surface area (Å²) in [5.74, 6) is -1.01. The van der Waals surface area contributed by atoms with Gasteiger partial charge in [0, 0.05) is 14.1 Å². The second-order valence-corrected chi connectivity index (χ2v) is 6.55. The Balaban J connectivity index is 0.00000145. The molecule has 0 aliphatic carbocycles. The molecule has 9 heteroatoms. The van der Waals surface area contributed by atoms with Gasteiger partial charge in [-0.2, -0.15) is 22.8 Å². The molecule has 0 saturated carbocycles. The Morgan fingerprint density at radius 2 is 1.72 bits per heavy atom. The number of thiol groups is 1. The van der Waals surface area contributed by atoms with Crippen LogP contribution >= 0.6 is 12.9 Å². The Bertz CT molecular complexity index is 956. The standard InChI is InChI=1S/C20H21F3N4.H2OS/c1-5-14-11-13(2)17(12-16(14)15-9-7-6-8-10-15)27-19(26(3)4)24-18(25-27)20(21,22)23;1-2/h6-12H,5H2,1-4H3;1-2H. The lowest BCUT2D eigenvalue weighted by molar-refractivity contribution is -0.144. The molecular weight excluding hydrogens is 401 g/mol. The second-order valence-electron chi connectivity index (χ2n) is 6.55. The van der Waals surface area contributed by atoms with Crippen molar-refractivity contribution in [1.82, 2.24) is 14.8 Å². The normalized spacial score (nSPS) is 11.1. The van der Waals surface area contributed by atoms with Crippen molar-refractivity contribution >= 4 is 18.9 Å². The van der Waals surface area contributed by atoms with Crippen LogP contribution in [-0.4, -0.2) is 33.4 Å². The molecule has 0 saturated heterocycles. The van der Waals surface area contributed by atoms with E-state index in [1.54, 1.807) is 14.1 Å². The van der Waals surface area contributed by atoms with Gasteiger partial charge in [0.1, 0.15) is 0 Å². The Labute approximate surface area is 173 Å². The van der Waals surface area contributed by atoms with Gasteiger partial charge in [-0.15, -0.1) is 5.10 Å². The van der Waals surface area contributed by atoms with Crippen LogP contribution in [0.25, 0.3) is 16.8 Å². The number of aromatic nitrogens is 3. The Morgan fingerprint density at radius 1 is 1.10 bits per heavy atom. The summed E-state index contributed by atoms with van der Waals surface area (Å²) in [7, 11) is 3.29. The SMILES string of the molecule is CCc1cc(C)c(-n2nc(C(F)(F)F)nc2N(C)C)cc1-c1ccccc1.OS. The fourth-order valence-electron chi connectivity index (χ4n) is 3.04. The van der Waals surface area contributed by atoms with Crippen molar-refractivity contribution < 1.29 is 17.7 Å². The van der Waals surface area contributed by atoms with Gasteiger partial charge in [-0.25, -0.2) is 0 Å². The summed E-state index contributed by atoms with van der Waals surface area (Å²) in [6.07, 6.45) is -3.79. The lowest BCUT2D eigenvalue weighted by Gasteiger charge is -2.17. The van der Waals surface area contributed by atoms with Gasteiger partial charge in [0.15, 0.2) is 0 Å². The summed E-state index contributed by atoms with van der Waals surface area (Å²) in [5.41, 5.74) is 4.54. The van der Waals surface area contributed by atoms with Crippen LogP contribution in [0.15, 0.2) is 42.5 Å². The lowest BCUT2D eigenvalue weighted by Crippen LogP contribution is -2.16. The van der Waals surface area contributed by atoms with E-state index < -0.39 is 12.0 Å². The van der Waals surface area contributed by atoms with Gasteiger partial charge in [-0.05, 0) is 54.6 Å². The van der Waals surface area contributed by atoms with Crippen LogP contribution in [0.3, 0.4) is 0 Å². The molecular formula is C20H23F3N4OS. The van der Waals surface area contributed by atoms with Crippen LogP contribution in [-0.2, 0) is 12.6 Å². The van der Waals surface area contributed by atoms with Gasteiger partial charge in [-0.1, -0.05) is 43.3 Å². The first-order valence-electron chi connectivity index (χ1n) is 8.83. The van der Waals surface area contributed by atoms with E-state index in [-0.39, 0.29) is 5.95 Å². The van der Waals surface area contributed by atoms with Crippen molar-refractivity contribution in [2.45, 2.75) is 26.4 Å². The first-order valence-corrected chi connectivity index (χ1v) is 9.23. The molecule has 5 nitrogen and oxygen atoms in total. The van der Waals surface area contributed by atoms with E-state index in [0.717, 1.165) is 28.7 Å². The summed E-state index contributed by atoms with van der Waals surface area (Å²) in [6, 6.07) is 13.7. The monoisotopic (exact) mass is 424 g/mol. The predicted molar refractivity (Wildman–Crippen MR) is 112 cm³/mol. The molecule has 0 aliphatic heterocycles. The van der Waals surface area contributed by atoms with Gasteiger partial charge >= 0.3 is 6.18 Å². The smallest absolute Gasteiger partial charge is 0.347 e. The van der Waals surface area contributed by atoms with E-state index in [1.807, 2.05) is 49.4 Å². The van der Waals surface area contributed by atoms with Gasteiger partial charge in [0.25, 0.3) is 5.82 Å². The molecule has 2 aromatic carbocycles. The average Bonchev–Trinajstić information content (AvgIpc) is 3.16. The Kier molecular flexibility index (Phi) is 7.32. The maximum absolute atomic E-state index is 13.2. The maximum atomic E-state index is 13.2. The average molecular weight is 424 g/mol. The number of hydrogen-bond acceptors (Lipinski definition) is 5. The Morgan fingerprint density at radius 3 is 2.24 bits per heavy atom. The van der Waals surface area contributed by atoms with Crippen LogP contribution in [0.4, 0.5) is 19.1 Å². The van der Waals surface area contributed by atoms with E-state index in [1.165, 1.54) is 9.58 Å². The summed E-state index contributed by atoms with van der Waals surface area (Å²) in [4.78, 5) is 5.22. The zero-order valence-corrected chi connectivity index (χ0v) is 17.5. The Hall–Kier alpha value is -2.52. The molecule has 1 aromatic heterocycles. The van der Waals surface area contributed by atoms with Crippen molar-refractivity contribution in [1.29, 1.82) is 0 Å². The quantitative estimate of drug-likeness (QED) is 0.442. The molecule has 29 heavy (non-hydrogen) atoms. The third-order valence-electron chi connectivity index (χ3n) is 4.36. The highest BCUT2D eigenvalue weighted by Crippen LogP contribution is 2.33. The van der Waals surface area contributed by atoms with Crippen LogP contribution in [0.2, 0.25) is 0 Å². The van der Waals surface area contributed by atoms with Crippen LogP contribution in [0.1, 0.15) is 23.9 Å². The zero-order chi connectivity index (χ0) is 21.8. The van der Waals surface area contributed by atoms with Crippen LogP contribution in [0.5, 0.6) is 0 Å². The summed E-state index contributed by atoms with van der Waals surface area (Å²) < 4.78 is 47.5. The highest BCUT2D eigenvalue weighted by Gasteiger charge is 2.37. The maximum Gasteiger partial charge on any atom is 0.453 e. The molecule has 3 aromatic rings. The van der Waals surface area contributed by atoms with Crippen molar-refractivity contribution in [3.63, 3.8) is 0 Å². The number of alkyl halides is 3. The zero-order valence-electron chi connectivity index (χ0n) is 16.6. The first-order chi connectivity index (χ1) is 13.7. The molecule has 0 atom stereocenters. The second kappa shape index (κ2) is 9.32. The van der Waals surface area contributed by atoms with Crippen molar-refractivity contribution in [2.24, 2.45) is 0 Å².